The first-order valence-corrected chi connectivity index (χ1v) is 11.7. The molecule has 0 bridgehead atoms. The van der Waals surface area contributed by atoms with Crippen LogP contribution in [0.15, 0.2) is 52.0 Å². The van der Waals surface area contributed by atoms with Gasteiger partial charge in [-0.2, -0.15) is 4.31 Å². The summed E-state index contributed by atoms with van der Waals surface area (Å²) in [5.74, 6) is 0.0921. The highest BCUT2D eigenvalue weighted by Crippen LogP contribution is 2.30. The topological polar surface area (TPSA) is 88.9 Å². The number of rotatable bonds is 9. The van der Waals surface area contributed by atoms with E-state index in [1.54, 1.807) is 26.2 Å². The number of hydrogen-bond acceptors (Lipinski definition) is 5. The molecule has 2 aromatic carbocycles. The molecule has 1 N–H and O–H groups in total. The number of fused-ring (bicyclic) bond motifs is 1. The van der Waals surface area contributed by atoms with Crippen LogP contribution >= 0.6 is 0 Å². The van der Waals surface area contributed by atoms with Crippen LogP contribution in [0.25, 0.3) is 11.0 Å². The van der Waals surface area contributed by atoms with E-state index in [9.17, 15) is 13.2 Å². The molecule has 0 saturated carbocycles. The van der Waals surface area contributed by atoms with Gasteiger partial charge >= 0.3 is 0 Å². The highest BCUT2D eigenvalue weighted by Gasteiger charge is 2.23. The summed E-state index contributed by atoms with van der Waals surface area (Å²) in [7, 11) is -2.19. The van der Waals surface area contributed by atoms with Crippen molar-refractivity contribution >= 4 is 32.6 Å². The van der Waals surface area contributed by atoms with Crippen LogP contribution in [-0.2, 0) is 27.7 Å². The van der Waals surface area contributed by atoms with E-state index in [1.165, 1.54) is 23.5 Å². The lowest BCUT2D eigenvalue weighted by Crippen LogP contribution is -2.30. The van der Waals surface area contributed by atoms with Crippen molar-refractivity contribution in [2.24, 2.45) is 0 Å². The van der Waals surface area contributed by atoms with E-state index in [4.69, 9.17) is 9.15 Å². The number of anilines is 1. The summed E-state index contributed by atoms with van der Waals surface area (Å²) in [5, 5.41) is 3.67. The normalized spacial score (nSPS) is 11.8. The number of nitrogens with one attached hydrogen (secondary N) is 1. The standard InChI is InChI=1S/C23H28N2O5S/c1-5-16-8-10-19-17(15-30-22(19)12-16)13-23(26)24-20-14-18(9-11-21(20)29-4)31(27,28)25(6-2)7-3/h8-12,14-15H,5-7,13H2,1-4H3,(H,24,26). The lowest BCUT2D eigenvalue weighted by molar-refractivity contribution is -0.115. The van der Waals surface area contributed by atoms with E-state index in [-0.39, 0.29) is 17.2 Å². The largest absolute Gasteiger partial charge is 0.495 e. The van der Waals surface area contributed by atoms with Crippen LogP contribution in [0.4, 0.5) is 5.69 Å². The Morgan fingerprint density at radius 2 is 1.84 bits per heavy atom. The fraction of sp³-hybridized carbons (Fsp3) is 0.348. The molecule has 3 aromatic rings. The fourth-order valence-corrected chi connectivity index (χ4v) is 4.99. The smallest absolute Gasteiger partial charge is 0.243 e. The number of furan rings is 1. The van der Waals surface area contributed by atoms with Crippen LogP contribution in [0.5, 0.6) is 5.75 Å². The maximum Gasteiger partial charge on any atom is 0.243 e. The van der Waals surface area contributed by atoms with Crippen molar-refractivity contribution in [1.29, 1.82) is 0 Å². The van der Waals surface area contributed by atoms with Crippen LogP contribution < -0.4 is 10.1 Å². The third-order valence-electron chi connectivity index (χ3n) is 5.27. The molecular weight excluding hydrogens is 416 g/mol. The van der Waals surface area contributed by atoms with Crippen LogP contribution in [0.1, 0.15) is 31.9 Å². The monoisotopic (exact) mass is 444 g/mol. The van der Waals surface area contributed by atoms with Gasteiger partial charge in [-0.05, 0) is 36.2 Å². The van der Waals surface area contributed by atoms with E-state index >= 15 is 0 Å². The molecule has 166 valence electrons. The molecule has 31 heavy (non-hydrogen) atoms. The molecule has 0 radical (unpaired) electrons. The van der Waals surface area contributed by atoms with Crippen LogP contribution in [-0.4, -0.2) is 38.8 Å². The number of sulfonamides is 1. The molecule has 3 rings (SSSR count). The molecule has 1 amide bonds. The van der Waals surface area contributed by atoms with Gasteiger partial charge in [0.05, 0.1) is 30.4 Å². The maximum absolute atomic E-state index is 12.8. The van der Waals surface area contributed by atoms with Crippen molar-refractivity contribution in [3.8, 4) is 5.75 Å². The Kier molecular flexibility index (Phi) is 7.02. The Hall–Kier alpha value is -2.84. The molecule has 0 fully saturated rings. The Morgan fingerprint density at radius 1 is 1.10 bits per heavy atom. The molecule has 1 aromatic heterocycles. The molecule has 8 heteroatoms. The van der Waals surface area contributed by atoms with Gasteiger partial charge in [0.1, 0.15) is 11.3 Å². The number of hydrogen-bond donors (Lipinski definition) is 1. The van der Waals surface area contributed by atoms with Crippen molar-refractivity contribution in [2.45, 2.75) is 38.5 Å². The third-order valence-corrected chi connectivity index (χ3v) is 7.31. The van der Waals surface area contributed by atoms with Gasteiger partial charge < -0.3 is 14.5 Å². The molecule has 0 spiro atoms. The van der Waals surface area contributed by atoms with Crippen LogP contribution in [0.2, 0.25) is 0 Å². The van der Waals surface area contributed by atoms with E-state index in [1.807, 2.05) is 18.2 Å². The summed E-state index contributed by atoms with van der Waals surface area (Å²) in [4.78, 5) is 12.9. The van der Waals surface area contributed by atoms with Crippen molar-refractivity contribution in [3.05, 3.63) is 53.8 Å². The van der Waals surface area contributed by atoms with E-state index in [0.29, 0.717) is 24.5 Å². The Morgan fingerprint density at radius 3 is 2.48 bits per heavy atom. The molecule has 0 unspecified atom stereocenters. The van der Waals surface area contributed by atoms with Gasteiger partial charge in [-0.1, -0.05) is 32.9 Å². The second-order valence-electron chi connectivity index (χ2n) is 7.12. The molecular formula is C23H28N2O5S. The Balaban J connectivity index is 1.85. The molecule has 7 nitrogen and oxygen atoms in total. The second kappa shape index (κ2) is 9.53. The van der Waals surface area contributed by atoms with Gasteiger partial charge in [0, 0.05) is 24.0 Å². The van der Waals surface area contributed by atoms with E-state index in [0.717, 1.165) is 28.5 Å². The van der Waals surface area contributed by atoms with Crippen LogP contribution in [0, 0.1) is 0 Å². The number of nitrogens with zero attached hydrogens (tertiary/aromatic N) is 1. The highest BCUT2D eigenvalue weighted by atomic mass is 32.2. The number of amides is 1. The zero-order valence-electron chi connectivity index (χ0n) is 18.3. The average molecular weight is 445 g/mol. The highest BCUT2D eigenvalue weighted by molar-refractivity contribution is 7.89. The molecule has 0 saturated heterocycles. The predicted molar refractivity (Wildman–Crippen MR) is 121 cm³/mol. The second-order valence-corrected chi connectivity index (χ2v) is 9.06. The van der Waals surface area contributed by atoms with Crippen molar-refractivity contribution in [1.82, 2.24) is 4.31 Å². The lowest BCUT2D eigenvalue weighted by atomic mass is 10.1. The molecule has 0 aliphatic rings. The van der Waals surface area contributed by atoms with Crippen LogP contribution in [0.3, 0.4) is 0 Å². The predicted octanol–water partition coefficient (Wildman–Crippen LogP) is 4.22. The number of benzene rings is 2. The summed E-state index contributed by atoms with van der Waals surface area (Å²) >= 11 is 0. The quantitative estimate of drug-likeness (QED) is 0.534. The number of carbonyl (C=O) groups excluding carboxylic acids is 1. The summed E-state index contributed by atoms with van der Waals surface area (Å²) in [6.07, 6.45) is 2.58. The molecule has 0 aliphatic carbocycles. The summed E-state index contributed by atoms with van der Waals surface area (Å²) in [6, 6.07) is 10.4. The first-order valence-electron chi connectivity index (χ1n) is 10.3. The van der Waals surface area contributed by atoms with Gasteiger partial charge in [-0.25, -0.2) is 8.42 Å². The van der Waals surface area contributed by atoms with E-state index < -0.39 is 10.0 Å². The first kappa shape index (κ1) is 22.8. The summed E-state index contributed by atoms with van der Waals surface area (Å²) in [6.45, 7) is 6.36. The van der Waals surface area contributed by atoms with Crippen molar-refractivity contribution < 1.29 is 22.4 Å². The van der Waals surface area contributed by atoms with Gasteiger partial charge in [0.25, 0.3) is 0 Å². The van der Waals surface area contributed by atoms with Gasteiger partial charge in [-0.3, -0.25) is 4.79 Å². The minimum Gasteiger partial charge on any atom is -0.495 e. The number of aryl methyl sites for hydroxylation is 1. The first-order chi connectivity index (χ1) is 14.8. The van der Waals surface area contributed by atoms with Crippen molar-refractivity contribution in [3.63, 3.8) is 0 Å². The Bertz CT molecular complexity index is 1180. The summed E-state index contributed by atoms with van der Waals surface area (Å²) < 4.78 is 38.0. The fourth-order valence-electron chi connectivity index (χ4n) is 3.51. The third kappa shape index (κ3) is 4.75. The SMILES string of the molecule is CCc1ccc2c(CC(=O)Nc3cc(S(=O)(=O)N(CC)CC)ccc3OC)coc2c1. The van der Waals surface area contributed by atoms with Crippen molar-refractivity contribution in [2.75, 3.05) is 25.5 Å². The number of methoxy groups -OCH3 is 1. The molecule has 0 aliphatic heterocycles. The molecule has 0 atom stereocenters. The maximum atomic E-state index is 12.8. The van der Waals surface area contributed by atoms with E-state index in [2.05, 4.69) is 12.2 Å². The average Bonchev–Trinajstić information content (AvgIpc) is 3.15. The zero-order valence-corrected chi connectivity index (χ0v) is 19.1. The number of carbonyl (C=O) groups is 1. The van der Waals surface area contributed by atoms with Gasteiger partial charge in [-0.15, -0.1) is 0 Å². The van der Waals surface area contributed by atoms with Gasteiger partial charge in [0.2, 0.25) is 15.9 Å². The van der Waals surface area contributed by atoms with Gasteiger partial charge in [0.15, 0.2) is 0 Å². The minimum atomic E-state index is -3.66. The Labute approximate surface area is 183 Å². The summed E-state index contributed by atoms with van der Waals surface area (Å²) in [5.41, 5.74) is 2.98. The minimum absolute atomic E-state index is 0.0919. The molecule has 1 heterocycles. The number of ether oxygens (including phenoxy) is 1. The lowest BCUT2D eigenvalue weighted by Gasteiger charge is -2.19. The zero-order chi connectivity index (χ0) is 22.6.